The Hall–Kier alpha value is -2.00. The van der Waals surface area contributed by atoms with Crippen molar-refractivity contribution in [3.05, 3.63) is 24.0 Å². The number of rotatable bonds is 0. The summed E-state index contributed by atoms with van der Waals surface area (Å²) in [6, 6.07) is 3.37. The van der Waals surface area contributed by atoms with Crippen molar-refractivity contribution >= 4 is 5.69 Å². The molecule has 0 aliphatic heterocycles. The molecule has 0 aliphatic rings. The molecule has 11 heavy (non-hydrogen) atoms. The molecule has 0 atom stereocenters. The lowest BCUT2D eigenvalue weighted by atomic mass is 10.2. The van der Waals surface area contributed by atoms with E-state index in [1.807, 2.05) is 0 Å². The third kappa shape index (κ3) is 1.70. The summed E-state index contributed by atoms with van der Waals surface area (Å²) in [7, 11) is 0. The molecule has 52 valence electrons. The van der Waals surface area contributed by atoms with E-state index < -0.39 is 0 Å². The Kier molecular flexibility index (Phi) is 2.09. The summed E-state index contributed by atoms with van der Waals surface area (Å²) in [5.41, 5.74) is 6.62. The molecule has 2 N–H and O–H groups in total. The molecule has 0 bridgehead atoms. The number of nitriles is 1. The number of anilines is 1. The Labute approximate surface area is 64.5 Å². The molecule has 1 rings (SSSR count). The Morgan fingerprint density at radius 3 is 3.00 bits per heavy atom. The standard InChI is InChI=1S/C8H5N3/c9-4-1-2-7-3-5-11-6-8(7)10/h3,5-6H,10H2. The summed E-state index contributed by atoms with van der Waals surface area (Å²) in [5.74, 6) is 4.84. The van der Waals surface area contributed by atoms with Crippen LogP contribution < -0.4 is 5.73 Å². The number of nitrogens with zero attached hydrogens (tertiary/aromatic N) is 2. The molecule has 0 aromatic carbocycles. The van der Waals surface area contributed by atoms with Gasteiger partial charge in [-0.25, -0.2) is 0 Å². The van der Waals surface area contributed by atoms with Gasteiger partial charge in [-0.05, 0) is 12.0 Å². The highest BCUT2D eigenvalue weighted by atomic mass is 14.7. The maximum atomic E-state index is 8.14. The van der Waals surface area contributed by atoms with Crippen molar-refractivity contribution in [2.45, 2.75) is 0 Å². The molecule has 1 aromatic heterocycles. The van der Waals surface area contributed by atoms with E-state index in [9.17, 15) is 0 Å². The Bertz CT molecular complexity index is 352. The number of nitrogen functional groups attached to an aromatic ring is 1. The van der Waals surface area contributed by atoms with E-state index in [1.54, 1.807) is 18.3 Å². The van der Waals surface area contributed by atoms with Gasteiger partial charge in [0.05, 0.1) is 17.4 Å². The summed E-state index contributed by atoms with van der Waals surface area (Å²) in [6.45, 7) is 0. The van der Waals surface area contributed by atoms with Crippen LogP contribution in [0.25, 0.3) is 0 Å². The highest BCUT2D eigenvalue weighted by molar-refractivity contribution is 5.54. The smallest absolute Gasteiger partial charge is 0.152 e. The van der Waals surface area contributed by atoms with Gasteiger partial charge in [-0.2, -0.15) is 5.26 Å². The van der Waals surface area contributed by atoms with Gasteiger partial charge < -0.3 is 5.73 Å². The number of hydrogen-bond acceptors (Lipinski definition) is 3. The van der Waals surface area contributed by atoms with Gasteiger partial charge >= 0.3 is 0 Å². The number of hydrogen-bond donors (Lipinski definition) is 1. The molecule has 0 amide bonds. The highest BCUT2D eigenvalue weighted by Crippen LogP contribution is 2.05. The molecule has 0 aliphatic carbocycles. The van der Waals surface area contributed by atoms with Crippen LogP contribution in [-0.2, 0) is 0 Å². The van der Waals surface area contributed by atoms with E-state index in [1.165, 1.54) is 6.20 Å². The summed E-state index contributed by atoms with van der Waals surface area (Å²) in [5, 5.41) is 8.14. The molecule has 1 heterocycles. The average molecular weight is 143 g/mol. The second kappa shape index (κ2) is 3.24. The van der Waals surface area contributed by atoms with Crippen LogP contribution >= 0.6 is 0 Å². The van der Waals surface area contributed by atoms with Gasteiger partial charge in [0.15, 0.2) is 6.07 Å². The lowest BCUT2D eigenvalue weighted by Gasteiger charge is -1.92. The fourth-order valence-electron chi connectivity index (χ4n) is 0.616. The Morgan fingerprint density at radius 2 is 2.36 bits per heavy atom. The van der Waals surface area contributed by atoms with Gasteiger partial charge in [-0.15, -0.1) is 0 Å². The summed E-state index contributed by atoms with van der Waals surface area (Å²) < 4.78 is 0. The lowest BCUT2D eigenvalue weighted by molar-refractivity contribution is 1.32. The Balaban J connectivity index is 3.07. The Morgan fingerprint density at radius 1 is 1.55 bits per heavy atom. The molecular formula is C8H5N3. The van der Waals surface area contributed by atoms with Crippen LogP contribution in [0.4, 0.5) is 5.69 Å². The average Bonchev–Trinajstić information content (AvgIpc) is 2.03. The van der Waals surface area contributed by atoms with Crippen molar-refractivity contribution < 1.29 is 0 Å². The molecule has 0 radical (unpaired) electrons. The van der Waals surface area contributed by atoms with Gasteiger partial charge in [-0.1, -0.05) is 0 Å². The maximum Gasteiger partial charge on any atom is 0.152 e. The second-order valence-electron chi connectivity index (χ2n) is 1.82. The molecule has 3 nitrogen and oxygen atoms in total. The van der Waals surface area contributed by atoms with Crippen molar-refractivity contribution in [2.75, 3.05) is 5.73 Å². The first-order valence-electron chi connectivity index (χ1n) is 2.94. The number of aromatic nitrogens is 1. The first-order chi connectivity index (χ1) is 5.34. The second-order valence-corrected chi connectivity index (χ2v) is 1.82. The molecule has 0 saturated carbocycles. The fraction of sp³-hybridized carbons (Fsp3) is 0. The minimum atomic E-state index is 0.496. The largest absolute Gasteiger partial charge is 0.396 e. The summed E-state index contributed by atoms with van der Waals surface area (Å²) >= 11 is 0. The van der Waals surface area contributed by atoms with E-state index in [2.05, 4.69) is 16.8 Å². The zero-order chi connectivity index (χ0) is 8.10. The molecule has 0 spiro atoms. The van der Waals surface area contributed by atoms with Crippen LogP contribution in [-0.4, -0.2) is 4.98 Å². The van der Waals surface area contributed by atoms with Gasteiger partial charge in [0.2, 0.25) is 0 Å². The summed E-state index contributed by atoms with van der Waals surface area (Å²) in [6.07, 6.45) is 3.08. The van der Waals surface area contributed by atoms with Crippen molar-refractivity contribution in [1.29, 1.82) is 5.26 Å². The highest BCUT2D eigenvalue weighted by Gasteiger charge is 1.90. The predicted molar refractivity (Wildman–Crippen MR) is 41.1 cm³/mol. The zero-order valence-corrected chi connectivity index (χ0v) is 5.70. The molecule has 0 saturated heterocycles. The van der Waals surface area contributed by atoms with Crippen LogP contribution in [0.5, 0.6) is 0 Å². The van der Waals surface area contributed by atoms with Crippen LogP contribution in [0.15, 0.2) is 18.5 Å². The van der Waals surface area contributed by atoms with Crippen molar-refractivity contribution in [3.63, 3.8) is 0 Å². The van der Waals surface area contributed by atoms with E-state index in [0.29, 0.717) is 11.3 Å². The van der Waals surface area contributed by atoms with Crippen molar-refractivity contribution in [3.8, 4) is 17.9 Å². The molecule has 3 heteroatoms. The van der Waals surface area contributed by atoms with E-state index in [0.717, 1.165) is 0 Å². The van der Waals surface area contributed by atoms with E-state index in [4.69, 9.17) is 11.0 Å². The van der Waals surface area contributed by atoms with Gasteiger partial charge in [0.25, 0.3) is 0 Å². The lowest BCUT2D eigenvalue weighted by Crippen LogP contribution is -1.89. The predicted octanol–water partition coefficient (Wildman–Crippen LogP) is 0.539. The zero-order valence-electron chi connectivity index (χ0n) is 5.70. The van der Waals surface area contributed by atoms with Crippen LogP contribution in [0.1, 0.15) is 5.56 Å². The van der Waals surface area contributed by atoms with Crippen LogP contribution in [0.2, 0.25) is 0 Å². The molecule has 1 aromatic rings. The van der Waals surface area contributed by atoms with Crippen molar-refractivity contribution in [1.82, 2.24) is 4.98 Å². The molecular weight excluding hydrogens is 138 g/mol. The topological polar surface area (TPSA) is 62.7 Å². The molecule has 0 fully saturated rings. The van der Waals surface area contributed by atoms with Gasteiger partial charge in [0.1, 0.15) is 0 Å². The van der Waals surface area contributed by atoms with Crippen LogP contribution in [0.3, 0.4) is 0 Å². The first-order valence-corrected chi connectivity index (χ1v) is 2.94. The van der Waals surface area contributed by atoms with Crippen LogP contribution in [0, 0.1) is 23.2 Å². The first kappa shape index (κ1) is 7.11. The monoisotopic (exact) mass is 143 g/mol. The third-order valence-electron chi connectivity index (χ3n) is 1.10. The number of pyridine rings is 1. The quantitative estimate of drug-likeness (QED) is 0.539. The minimum Gasteiger partial charge on any atom is -0.396 e. The summed E-state index contributed by atoms with van der Waals surface area (Å²) in [4.78, 5) is 3.78. The van der Waals surface area contributed by atoms with Gasteiger partial charge in [-0.3, -0.25) is 4.98 Å². The minimum absolute atomic E-state index is 0.496. The SMILES string of the molecule is N#CC#Cc1ccncc1N. The van der Waals surface area contributed by atoms with Gasteiger partial charge in [0, 0.05) is 12.1 Å². The maximum absolute atomic E-state index is 8.14. The molecule has 0 unspecified atom stereocenters. The number of nitrogens with two attached hydrogens (primary N) is 1. The van der Waals surface area contributed by atoms with E-state index >= 15 is 0 Å². The fourth-order valence-corrected chi connectivity index (χ4v) is 0.616. The van der Waals surface area contributed by atoms with Crippen molar-refractivity contribution in [2.24, 2.45) is 0 Å². The van der Waals surface area contributed by atoms with E-state index in [-0.39, 0.29) is 0 Å². The third-order valence-corrected chi connectivity index (χ3v) is 1.10. The normalized spacial score (nSPS) is 7.55.